The van der Waals surface area contributed by atoms with Gasteiger partial charge in [0.15, 0.2) is 5.96 Å². The highest BCUT2D eigenvalue weighted by Crippen LogP contribution is 2.07. The van der Waals surface area contributed by atoms with Gasteiger partial charge in [0.05, 0.1) is 4.90 Å². The Kier molecular flexibility index (Phi) is 7.17. The third-order valence-corrected chi connectivity index (χ3v) is 5.34. The summed E-state index contributed by atoms with van der Waals surface area (Å²) in [5.41, 5.74) is 2.41. The summed E-state index contributed by atoms with van der Waals surface area (Å²) < 4.78 is 26.9. The molecule has 0 fully saturated rings. The molecule has 0 radical (unpaired) electrons. The number of sulfonamides is 1. The Morgan fingerprint density at radius 1 is 1.04 bits per heavy atom. The molecule has 7 heteroatoms. The van der Waals surface area contributed by atoms with Gasteiger partial charge in [-0.15, -0.1) is 0 Å². The molecule has 2 rings (SSSR count). The first-order valence-corrected chi connectivity index (χ1v) is 9.93. The topological polar surface area (TPSA) is 73.8 Å². The van der Waals surface area contributed by atoms with E-state index < -0.39 is 10.0 Å². The van der Waals surface area contributed by atoms with Crippen molar-refractivity contribution in [1.82, 2.24) is 14.9 Å². The molecule has 6 nitrogen and oxygen atoms in total. The van der Waals surface area contributed by atoms with Gasteiger partial charge in [0, 0.05) is 33.7 Å². The Hall–Kier alpha value is -2.38. The van der Waals surface area contributed by atoms with E-state index >= 15 is 0 Å². The van der Waals surface area contributed by atoms with Crippen molar-refractivity contribution in [3.8, 4) is 0 Å². The predicted molar refractivity (Wildman–Crippen MR) is 106 cm³/mol. The van der Waals surface area contributed by atoms with E-state index in [1.807, 2.05) is 11.9 Å². The van der Waals surface area contributed by atoms with E-state index in [0.717, 1.165) is 6.54 Å². The average Bonchev–Trinajstić information content (AvgIpc) is 2.64. The molecule has 140 valence electrons. The summed E-state index contributed by atoms with van der Waals surface area (Å²) in [4.78, 5) is 6.51. The second-order valence-electron chi connectivity index (χ2n) is 6.03. The van der Waals surface area contributed by atoms with E-state index in [9.17, 15) is 8.42 Å². The van der Waals surface area contributed by atoms with E-state index in [1.54, 1.807) is 37.4 Å². The van der Waals surface area contributed by atoms with Crippen molar-refractivity contribution in [1.29, 1.82) is 0 Å². The lowest BCUT2D eigenvalue weighted by Crippen LogP contribution is -2.42. The molecule has 0 bridgehead atoms. The highest BCUT2D eigenvalue weighted by molar-refractivity contribution is 7.89. The molecule has 0 aliphatic heterocycles. The Bertz CT molecular complexity index is 818. The van der Waals surface area contributed by atoms with Gasteiger partial charge in [-0.25, -0.2) is 13.1 Å². The fraction of sp³-hybridized carbons (Fsp3) is 0.316. The zero-order valence-corrected chi connectivity index (χ0v) is 16.3. The molecule has 2 N–H and O–H groups in total. The second kappa shape index (κ2) is 9.35. The number of nitrogens with one attached hydrogen (secondary N) is 2. The zero-order valence-electron chi connectivity index (χ0n) is 15.4. The molecular weight excluding hydrogens is 348 g/mol. The summed E-state index contributed by atoms with van der Waals surface area (Å²) in [5.74, 6) is 0.712. The largest absolute Gasteiger partial charge is 0.355 e. The zero-order chi connectivity index (χ0) is 19.0. The van der Waals surface area contributed by atoms with Crippen molar-refractivity contribution in [2.24, 2.45) is 4.99 Å². The van der Waals surface area contributed by atoms with Crippen LogP contribution in [-0.2, 0) is 16.6 Å². The number of aryl methyl sites for hydroxylation is 1. The summed E-state index contributed by atoms with van der Waals surface area (Å²) in [7, 11) is 0.177. The molecular formula is C19H26N4O2S. The van der Waals surface area contributed by atoms with E-state index in [1.165, 1.54) is 11.1 Å². The summed E-state index contributed by atoms with van der Waals surface area (Å²) in [6.45, 7) is 3.49. The molecule has 0 amide bonds. The van der Waals surface area contributed by atoms with Gasteiger partial charge < -0.3 is 10.2 Å². The van der Waals surface area contributed by atoms with E-state index in [4.69, 9.17) is 0 Å². The number of hydrogen-bond donors (Lipinski definition) is 2. The van der Waals surface area contributed by atoms with Crippen LogP contribution in [-0.4, -0.2) is 46.5 Å². The molecule has 0 aliphatic carbocycles. The van der Waals surface area contributed by atoms with Crippen LogP contribution in [0, 0.1) is 6.92 Å². The van der Waals surface area contributed by atoms with Crippen molar-refractivity contribution in [2.45, 2.75) is 18.4 Å². The van der Waals surface area contributed by atoms with Crippen LogP contribution in [0.25, 0.3) is 0 Å². The lowest BCUT2D eigenvalue weighted by atomic mass is 10.1. The van der Waals surface area contributed by atoms with Gasteiger partial charge in [-0.2, -0.15) is 0 Å². The van der Waals surface area contributed by atoms with Gasteiger partial charge in [0.25, 0.3) is 0 Å². The highest BCUT2D eigenvalue weighted by atomic mass is 32.2. The molecule has 0 aliphatic rings. The smallest absolute Gasteiger partial charge is 0.240 e. The van der Waals surface area contributed by atoms with Gasteiger partial charge in [0.1, 0.15) is 0 Å². The molecule has 0 saturated carbocycles. The number of rotatable bonds is 7. The van der Waals surface area contributed by atoms with Crippen molar-refractivity contribution >= 4 is 16.0 Å². The second-order valence-corrected chi connectivity index (χ2v) is 7.79. The normalized spacial score (nSPS) is 12.0. The predicted octanol–water partition coefficient (Wildman–Crippen LogP) is 1.98. The third-order valence-electron chi connectivity index (χ3n) is 3.87. The first kappa shape index (κ1) is 19.9. The van der Waals surface area contributed by atoms with Crippen LogP contribution < -0.4 is 10.0 Å². The molecule has 0 aromatic heterocycles. The molecule has 0 atom stereocenters. The monoisotopic (exact) mass is 374 g/mol. The maximum absolute atomic E-state index is 12.2. The fourth-order valence-electron chi connectivity index (χ4n) is 2.47. The highest BCUT2D eigenvalue weighted by Gasteiger charge is 2.12. The van der Waals surface area contributed by atoms with E-state index in [0.29, 0.717) is 12.5 Å². The molecule has 26 heavy (non-hydrogen) atoms. The minimum absolute atomic E-state index is 0.265. The quantitative estimate of drug-likeness (QED) is 0.442. The van der Waals surface area contributed by atoms with Crippen molar-refractivity contribution in [3.05, 3.63) is 65.7 Å². The van der Waals surface area contributed by atoms with Crippen molar-refractivity contribution in [3.63, 3.8) is 0 Å². The number of hydrogen-bond acceptors (Lipinski definition) is 3. The number of nitrogens with zero attached hydrogens (tertiary/aromatic N) is 2. The van der Waals surface area contributed by atoms with Gasteiger partial charge >= 0.3 is 0 Å². The molecule has 0 spiro atoms. The standard InChI is InChI=1S/C19H26N4O2S/c1-16-9-11-17(12-10-16)15-23(3)19(20-2)21-13-14-22-26(24,25)18-7-5-4-6-8-18/h4-12,22H,13-15H2,1-3H3,(H,20,21). The Morgan fingerprint density at radius 3 is 2.31 bits per heavy atom. The Labute approximate surface area is 156 Å². The number of benzene rings is 2. The van der Waals surface area contributed by atoms with E-state index in [2.05, 4.69) is 46.2 Å². The van der Waals surface area contributed by atoms with Gasteiger partial charge in [-0.1, -0.05) is 48.0 Å². The maximum Gasteiger partial charge on any atom is 0.240 e. The minimum atomic E-state index is -3.48. The van der Waals surface area contributed by atoms with Gasteiger partial charge in [0.2, 0.25) is 10.0 Å². The summed E-state index contributed by atoms with van der Waals surface area (Å²) in [6.07, 6.45) is 0. The SMILES string of the molecule is CN=C(NCCNS(=O)(=O)c1ccccc1)N(C)Cc1ccc(C)cc1. The van der Waals surface area contributed by atoms with Crippen LogP contribution >= 0.6 is 0 Å². The molecule has 0 heterocycles. The van der Waals surface area contributed by atoms with Crippen LogP contribution in [0.5, 0.6) is 0 Å². The fourth-order valence-corrected chi connectivity index (χ4v) is 3.52. The molecule has 0 saturated heterocycles. The van der Waals surface area contributed by atoms with Gasteiger partial charge in [-0.3, -0.25) is 4.99 Å². The Balaban J connectivity index is 1.82. The summed E-state index contributed by atoms with van der Waals surface area (Å²) in [5, 5.41) is 3.17. The van der Waals surface area contributed by atoms with Crippen LogP contribution in [0.2, 0.25) is 0 Å². The van der Waals surface area contributed by atoms with Crippen LogP contribution in [0.1, 0.15) is 11.1 Å². The van der Waals surface area contributed by atoms with Crippen LogP contribution in [0.4, 0.5) is 0 Å². The van der Waals surface area contributed by atoms with Crippen LogP contribution in [0.15, 0.2) is 64.5 Å². The van der Waals surface area contributed by atoms with Crippen molar-refractivity contribution < 1.29 is 8.42 Å². The average molecular weight is 375 g/mol. The lowest BCUT2D eigenvalue weighted by Gasteiger charge is -2.22. The first-order chi connectivity index (χ1) is 12.4. The molecule has 0 unspecified atom stereocenters. The van der Waals surface area contributed by atoms with Gasteiger partial charge in [-0.05, 0) is 24.6 Å². The number of aliphatic imine (C=N–C) groups is 1. The summed E-state index contributed by atoms with van der Waals surface area (Å²) >= 11 is 0. The Morgan fingerprint density at radius 2 is 1.69 bits per heavy atom. The van der Waals surface area contributed by atoms with Crippen LogP contribution in [0.3, 0.4) is 0 Å². The minimum Gasteiger partial charge on any atom is -0.355 e. The first-order valence-electron chi connectivity index (χ1n) is 8.44. The maximum atomic E-state index is 12.2. The summed E-state index contributed by atoms with van der Waals surface area (Å²) in [6, 6.07) is 16.7. The van der Waals surface area contributed by atoms with E-state index in [-0.39, 0.29) is 11.4 Å². The number of guanidine groups is 1. The third kappa shape index (κ3) is 5.86. The molecule has 2 aromatic carbocycles. The lowest BCUT2D eigenvalue weighted by molar-refractivity contribution is 0.477. The van der Waals surface area contributed by atoms with Crippen molar-refractivity contribution in [2.75, 3.05) is 27.2 Å². The molecule has 2 aromatic rings.